The predicted molar refractivity (Wildman–Crippen MR) is 72.7 cm³/mol. The third-order valence-electron chi connectivity index (χ3n) is 2.93. The Morgan fingerprint density at radius 1 is 1.10 bits per heavy atom. The normalized spacial score (nSPS) is 11.9. The van der Waals surface area contributed by atoms with Gasteiger partial charge < -0.3 is 14.8 Å². The van der Waals surface area contributed by atoms with Gasteiger partial charge in [0.15, 0.2) is 0 Å². The van der Waals surface area contributed by atoms with E-state index in [1.807, 2.05) is 26.0 Å². The van der Waals surface area contributed by atoms with Crippen LogP contribution >= 0.6 is 0 Å². The Hall–Kier alpha value is -2.56. The van der Waals surface area contributed by atoms with Crippen molar-refractivity contribution in [2.75, 3.05) is 0 Å². The number of benzene rings is 1. The maximum Gasteiger partial charge on any atom is 0.335 e. The van der Waals surface area contributed by atoms with E-state index < -0.39 is 5.97 Å². The SMILES string of the molecule is Cc1ccc(C(C)NC(=O)c2ccc(C(=O)O)cc2)o1. The summed E-state index contributed by atoms with van der Waals surface area (Å²) in [6, 6.07) is 9.17. The molecule has 2 N–H and O–H groups in total. The van der Waals surface area contributed by atoms with Gasteiger partial charge in [0, 0.05) is 5.56 Å². The van der Waals surface area contributed by atoms with E-state index in [-0.39, 0.29) is 17.5 Å². The second-order valence-electron chi connectivity index (χ2n) is 4.53. The summed E-state index contributed by atoms with van der Waals surface area (Å²) in [6.45, 7) is 3.66. The van der Waals surface area contributed by atoms with E-state index in [0.717, 1.165) is 5.76 Å². The van der Waals surface area contributed by atoms with Gasteiger partial charge >= 0.3 is 5.97 Å². The molecule has 2 aromatic rings. The van der Waals surface area contributed by atoms with Crippen LogP contribution in [0.5, 0.6) is 0 Å². The largest absolute Gasteiger partial charge is 0.478 e. The highest BCUT2D eigenvalue weighted by molar-refractivity contribution is 5.96. The summed E-state index contributed by atoms with van der Waals surface area (Å²) < 4.78 is 5.44. The summed E-state index contributed by atoms with van der Waals surface area (Å²) >= 11 is 0. The van der Waals surface area contributed by atoms with Gasteiger partial charge in [-0.3, -0.25) is 4.79 Å². The van der Waals surface area contributed by atoms with E-state index in [9.17, 15) is 9.59 Å². The zero-order valence-corrected chi connectivity index (χ0v) is 11.2. The quantitative estimate of drug-likeness (QED) is 0.897. The van der Waals surface area contributed by atoms with Crippen molar-refractivity contribution in [3.05, 3.63) is 59.0 Å². The molecule has 0 saturated carbocycles. The molecule has 5 nitrogen and oxygen atoms in total. The van der Waals surface area contributed by atoms with Crippen LogP contribution in [0.1, 0.15) is 45.2 Å². The van der Waals surface area contributed by atoms with Crippen LogP contribution in [0.25, 0.3) is 0 Å². The van der Waals surface area contributed by atoms with Crippen molar-refractivity contribution in [2.45, 2.75) is 19.9 Å². The second-order valence-corrected chi connectivity index (χ2v) is 4.53. The zero-order valence-electron chi connectivity index (χ0n) is 11.2. The lowest BCUT2D eigenvalue weighted by Crippen LogP contribution is -2.26. The highest BCUT2D eigenvalue weighted by atomic mass is 16.4. The van der Waals surface area contributed by atoms with E-state index in [0.29, 0.717) is 11.3 Å². The van der Waals surface area contributed by atoms with Gasteiger partial charge in [0.2, 0.25) is 0 Å². The van der Waals surface area contributed by atoms with Gasteiger partial charge in [-0.25, -0.2) is 4.79 Å². The minimum Gasteiger partial charge on any atom is -0.478 e. The smallest absolute Gasteiger partial charge is 0.335 e. The topological polar surface area (TPSA) is 79.5 Å². The lowest BCUT2D eigenvalue weighted by atomic mass is 10.1. The number of hydrogen-bond donors (Lipinski definition) is 2. The summed E-state index contributed by atoms with van der Waals surface area (Å²) in [4.78, 5) is 22.8. The van der Waals surface area contributed by atoms with Gasteiger partial charge in [0.25, 0.3) is 5.91 Å². The molecule has 1 amide bonds. The Kier molecular flexibility index (Phi) is 3.89. The number of furan rings is 1. The van der Waals surface area contributed by atoms with Crippen LogP contribution in [-0.2, 0) is 0 Å². The second kappa shape index (κ2) is 5.61. The Morgan fingerprint density at radius 2 is 1.70 bits per heavy atom. The number of nitrogens with one attached hydrogen (secondary N) is 1. The summed E-state index contributed by atoms with van der Waals surface area (Å²) in [5.74, 6) is 0.171. The van der Waals surface area contributed by atoms with Crippen molar-refractivity contribution in [2.24, 2.45) is 0 Å². The molecule has 5 heteroatoms. The lowest BCUT2D eigenvalue weighted by molar-refractivity contribution is 0.0696. The fourth-order valence-electron chi connectivity index (χ4n) is 1.80. The maximum absolute atomic E-state index is 12.0. The fraction of sp³-hybridized carbons (Fsp3) is 0.200. The number of hydrogen-bond acceptors (Lipinski definition) is 3. The number of aromatic carboxylic acids is 1. The summed E-state index contributed by atoms with van der Waals surface area (Å²) in [6.07, 6.45) is 0. The van der Waals surface area contributed by atoms with Crippen molar-refractivity contribution >= 4 is 11.9 Å². The van der Waals surface area contributed by atoms with E-state index >= 15 is 0 Å². The first-order chi connectivity index (χ1) is 9.47. The number of carboxylic acids is 1. The third-order valence-corrected chi connectivity index (χ3v) is 2.93. The molecule has 104 valence electrons. The summed E-state index contributed by atoms with van der Waals surface area (Å²) in [5, 5.41) is 11.6. The monoisotopic (exact) mass is 273 g/mol. The molecular formula is C15H15NO4. The molecule has 0 radical (unpaired) electrons. The van der Waals surface area contributed by atoms with Crippen molar-refractivity contribution in [3.8, 4) is 0 Å². The standard InChI is InChI=1S/C15H15NO4/c1-9-3-8-13(20-9)10(2)16-14(17)11-4-6-12(7-5-11)15(18)19/h3-8,10H,1-2H3,(H,16,17)(H,18,19). The van der Waals surface area contributed by atoms with Crippen LogP contribution in [0.3, 0.4) is 0 Å². The van der Waals surface area contributed by atoms with Crippen LogP contribution in [0.4, 0.5) is 0 Å². The molecule has 20 heavy (non-hydrogen) atoms. The Bertz CT molecular complexity index is 628. The predicted octanol–water partition coefficient (Wildman–Crippen LogP) is 2.78. The van der Waals surface area contributed by atoms with Crippen LogP contribution in [-0.4, -0.2) is 17.0 Å². The van der Waals surface area contributed by atoms with Gasteiger partial charge in [-0.15, -0.1) is 0 Å². The average Bonchev–Trinajstić information content (AvgIpc) is 2.85. The number of carbonyl (C=O) groups excluding carboxylic acids is 1. The minimum absolute atomic E-state index is 0.149. The molecule has 0 spiro atoms. The summed E-state index contributed by atoms with van der Waals surface area (Å²) in [5.41, 5.74) is 0.557. The molecule has 1 unspecified atom stereocenters. The zero-order chi connectivity index (χ0) is 14.7. The Morgan fingerprint density at radius 3 is 2.20 bits per heavy atom. The number of aryl methyl sites for hydroxylation is 1. The van der Waals surface area contributed by atoms with Gasteiger partial charge in [-0.05, 0) is 50.2 Å². The lowest BCUT2D eigenvalue weighted by Gasteiger charge is -2.11. The molecule has 1 atom stereocenters. The first kappa shape index (κ1) is 13.9. The number of amides is 1. The third kappa shape index (κ3) is 3.06. The highest BCUT2D eigenvalue weighted by Crippen LogP contribution is 2.16. The van der Waals surface area contributed by atoms with Crippen molar-refractivity contribution in [1.29, 1.82) is 0 Å². The average molecular weight is 273 g/mol. The van der Waals surface area contributed by atoms with Gasteiger partial charge in [0.1, 0.15) is 11.5 Å². The number of carboxylic acid groups (broad SMARTS) is 1. The van der Waals surface area contributed by atoms with Crippen molar-refractivity contribution < 1.29 is 19.1 Å². The van der Waals surface area contributed by atoms with Gasteiger partial charge in [0.05, 0.1) is 11.6 Å². The molecule has 0 bridgehead atoms. The molecule has 2 rings (SSSR count). The van der Waals surface area contributed by atoms with E-state index in [1.165, 1.54) is 24.3 Å². The summed E-state index contributed by atoms with van der Waals surface area (Å²) in [7, 11) is 0. The fourth-order valence-corrected chi connectivity index (χ4v) is 1.80. The molecule has 1 aromatic heterocycles. The number of rotatable bonds is 4. The van der Waals surface area contributed by atoms with E-state index in [1.54, 1.807) is 0 Å². The molecule has 0 aliphatic heterocycles. The molecule has 0 fully saturated rings. The molecule has 1 heterocycles. The van der Waals surface area contributed by atoms with Crippen LogP contribution in [0.15, 0.2) is 40.8 Å². The molecule has 0 aliphatic carbocycles. The Labute approximate surface area is 116 Å². The van der Waals surface area contributed by atoms with Crippen molar-refractivity contribution in [1.82, 2.24) is 5.32 Å². The van der Waals surface area contributed by atoms with Crippen LogP contribution in [0.2, 0.25) is 0 Å². The van der Waals surface area contributed by atoms with E-state index in [2.05, 4.69) is 5.32 Å². The maximum atomic E-state index is 12.0. The highest BCUT2D eigenvalue weighted by Gasteiger charge is 2.14. The number of carbonyl (C=O) groups is 2. The van der Waals surface area contributed by atoms with Crippen LogP contribution in [0, 0.1) is 6.92 Å². The van der Waals surface area contributed by atoms with Gasteiger partial charge in [-0.2, -0.15) is 0 Å². The van der Waals surface area contributed by atoms with Crippen molar-refractivity contribution in [3.63, 3.8) is 0 Å². The molecular weight excluding hydrogens is 258 g/mol. The molecule has 0 saturated heterocycles. The first-order valence-corrected chi connectivity index (χ1v) is 6.18. The molecule has 0 aliphatic rings. The van der Waals surface area contributed by atoms with Gasteiger partial charge in [-0.1, -0.05) is 0 Å². The minimum atomic E-state index is -1.02. The Balaban J connectivity index is 2.06. The van der Waals surface area contributed by atoms with E-state index in [4.69, 9.17) is 9.52 Å². The molecule has 1 aromatic carbocycles. The first-order valence-electron chi connectivity index (χ1n) is 6.18. The van der Waals surface area contributed by atoms with Crippen LogP contribution < -0.4 is 5.32 Å².